The van der Waals surface area contributed by atoms with Crippen LogP contribution >= 0.6 is 0 Å². The van der Waals surface area contributed by atoms with Crippen LogP contribution in [0.3, 0.4) is 0 Å². The predicted octanol–water partition coefficient (Wildman–Crippen LogP) is 6.78. The van der Waals surface area contributed by atoms with Crippen molar-refractivity contribution in [2.75, 3.05) is 0 Å². The first-order chi connectivity index (χ1) is 12.3. The molecule has 1 unspecified atom stereocenters. The van der Waals surface area contributed by atoms with Gasteiger partial charge in [-0.3, -0.25) is 4.84 Å². The van der Waals surface area contributed by atoms with Crippen molar-refractivity contribution in [2.45, 2.75) is 77.5 Å². The lowest BCUT2D eigenvalue weighted by Crippen LogP contribution is -2.58. The van der Waals surface area contributed by atoms with E-state index < -0.39 is 0 Å². The number of benzene rings is 2. The van der Waals surface area contributed by atoms with E-state index in [1.165, 1.54) is 36.0 Å². The average Bonchev–Trinajstić information content (AvgIpc) is 2.62. The van der Waals surface area contributed by atoms with Gasteiger partial charge in [0.2, 0.25) is 0 Å². The Labute approximate surface area is 159 Å². The average molecular weight is 352 g/mol. The lowest BCUT2D eigenvalue weighted by molar-refractivity contribution is -0.307. The van der Waals surface area contributed by atoms with Crippen LogP contribution in [-0.2, 0) is 4.84 Å². The van der Waals surface area contributed by atoms with Gasteiger partial charge in [-0.05, 0) is 70.1 Å². The summed E-state index contributed by atoms with van der Waals surface area (Å²) in [6, 6.07) is 19.4. The molecule has 2 nitrogen and oxygen atoms in total. The van der Waals surface area contributed by atoms with Crippen molar-refractivity contribution in [1.29, 1.82) is 0 Å². The van der Waals surface area contributed by atoms with Gasteiger partial charge in [-0.15, -0.1) is 0 Å². The second-order valence-corrected chi connectivity index (χ2v) is 8.76. The maximum atomic E-state index is 6.64. The third-order valence-electron chi connectivity index (χ3n) is 5.67. The van der Waals surface area contributed by atoms with Gasteiger partial charge < -0.3 is 0 Å². The van der Waals surface area contributed by atoms with E-state index in [0.717, 1.165) is 6.42 Å². The molecular weight excluding hydrogens is 318 g/mol. The maximum absolute atomic E-state index is 6.64. The molecule has 0 radical (unpaired) electrons. The minimum absolute atomic E-state index is 0.0686. The van der Waals surface area contributed by atoms with Gasteiger partial charge in [-0.2, -0.15) is 5.06 Å². The summed E-state index contributed by atoms with van der Waals surface area (Å²) in [5, 5.41) is 2.28. The first kappa shape index (κ1) is 19.1. The number of hydrogen-bond acceptors (Lipinski definition) is 2. The summed E-state index contributed by atoms with van der Waals surface area (Å²) in [6.07, 6.45) is 4.69. The first-order valence-electron chi connectivity index (χ1n) is 9.96. The normalized spacial score (nSPS) is 20.7. The SMILES string of the molecule is CCC(ON1C(C)(C)CCCC1(C)C)c1ccc(-c2ccccc2)cc1. The Balaban J connectivity index is 1.80. The predicted molar refractivity (Wildman–Crippen MR) is 110 cm³/mol. The molecule has 0 spiro atoms. The van der Waals surface area contributed by atoms with Crippen LogP contribution < -0.4 is 0 Å². The Hall–Kier alpha value is -1.64. The fourth-order valence-electron chi connectivity index (χ4n) is 4.28. The van der Waals surface area contributed by atoms with Crippen molar-refractivity contribution >= 4 is 0 Å². The van der Waals surface area contributed by atoms with Gasteiger partial charge >= 0.3 is 0 Å². The van der Waals surface area contributed by atoms with Crippen molar-refractivity contribution < 1.29 is 4.84 Å². The second kappa shape index (κ2) is 7.54. The van der Waals surface area contributed by atoms with E-state index in [9.17, 15) is 0 Å². The first-order valence-corrected chi connectivity index (χ1v) is 9.96. The molecule has 0 aliphatic carbocycles. The van der Waals surface area contributed by atoms with Crippen LogP contribution in [-0.4, -0.2) is 16.1 Å². The van der Waals surface area contributed by atoms with Crippen LogP contribution in [0.2, 0.25) is 0 Å². The number of piperidine rings is 1. The lowest BCUT2D eigenvalue weighted by Gasteiger charge is -2.52. The van der Waals surface area contributed by atoms with Gasteiger partial charge in [0.1, 0.15) is 6.10 Å². The molecule has 1 aliphatic rings. The highest BCUT2D eigenvalue weighted by Gasteiger charge is 2.43. The lowest BCUT2D eigenvalue weighted by atomic mass is 9.82. The highest BCUT2D eigenvalue weighted by atomic mass is 16.7. The quantitative estimate of drug-likeness (QED) is 0.588. The molecule has 0 amide bonds. The minimum Gasteiger partial charge on any atom is -0.290 e. The van der Waals surface area contributed by atoms with Crippen LogP contribution in [0.25, 0.3) is 11.1 Å². The molecule has 3 rings (SSSR count). The summed E-state index contributed by atoms with van der Waals surface area (Å²) >= 11 is 0. The number of hydrogen-bond donors (Lipinski definition) is 0. The van der Waals surface area contributed by atoms with Crippen molar-refractivity contribution in [2.24, 2.45) is 0 Å². The van der Waals surface area contributed by atoms with Gasteiger partial charge in [0.05, 0.1) is 0 Å². The summed E-state index contributed by atoms with van der Waals surface area (Å²) in [5.41, 5.74) is 3.90. The van der Waals surface area contributed by atoms with E-state index in [1.807, 2.05) is 0 Å². The Morgan fingerprint density at radius 1 is 0.846 bits per heavy atom. The maximum Gasteiger partial charge on any atom is 0.104 e. The Morgan fingerprint density at radius 2 is 1.38 bits per heavy atom. The van der Waals surface area contributed by atoms with Crippen molar-refractivity contribution in [3.05, 3.63) is 60.2 Å². The van der Waals surface area contributed by atoms with E-state index in [4.69, 9.17) is 4.84 Å². The van der Waals surface area contributed by atoms with Crippen molar-refractivity contribution in [3.8, 4) is 11.1 Å². The van der Waals surface area contributed by atoms with Crippen molar-refractivity contribution in [1.82, 2.24) is 5.06 Å². The Kier molecular flexibility index (Phi) is 5.55. The van der Waals surface area contributed by atoms with Gasteiger partial charge in [-0.25, -0.2) is 0 Å². The molecule has 2 aromatic rings. The standard InChI is InChI=1S/C24H33NO/c1-6-22(26-25-23(2,3)17-10-18-24(25,4)5)21-15-13-20(14-16-21)19-11-8-7-9-12-19/h7-9,11-16,22H,6,10,17-18H2,1-5H3. The molecule has 0 N–H and O–H groups in total. The second-order valence-electron chi connectivity index (χ2n) is 8.76. The molecule has 0 bridgehead atoms. The molecule has 0 aromatic heterocycles. The fraction of sp³-hybridized carbons (Fsp3) is 0.500. The summed E-state index contributed by atoms with van der Waals surface area (Å²) in [7, 11) is 0. The van der Waals surface area contributed by atoms with Gasteiger partial charge in [0, 0.05) is 11.1 Å². The summed E-state index contributed by atoms with van der Waals surface area (Å²) in [5.74, 6) is 0. The third kappa shape index (κ3) is 4.02. The van der Waals surface area contributed by atoms with E-state index in [1.54, 1.807) is 0 Å². The van der Waals surface area contributed by atoms with Crippen LogP contribution in [0.4, 0.5) is 0 Å². The van der Waals surface area contributed by atoms with E-state index in [0.29, 0.717) is 0 Å². The van der Waals surface area contributed by atoms with Crippen LogP contribution in [0.1, 0.15) is 72.0 Å². The number of nitrogens with zero attached hydrogens (tertiary/aromatic N) is 1. The van der Waals surface area contributed by atoms with E-state index >= 15 is 0 Å². The van der Waals surface area contributed by atoms with Gasteiger partial charge in [-0.1, -0.05) is 61.5 Å². The molecule has 1 fully saturated rings. The molecule has 140 valence electrons. The Bertz CT molecular complexity index is 687. The van der Waals surface area contributed by atoms with Gasteiger partial charge in [0.25, 0.3) is 0 Å². The molecule has 1 heterocycles. The van der Waals surface area contributed by atoms with Gasteiger partial charge in [0.15, 0.2) is 0 Å². The highest BCUT2D eigenvalue weighted by molar-refractivity contribution is 5.63. The molecule has 26 heavy (non-hydrogen) atoms. The number of hydroxylamine groups is 2. The molecular formula is C24H33NO. The minimum atomic E-state index is 0.0686. The Morgan fingerprint density at radius 3 is 1.92 bits per heavy atom. The van der Waals surface area contributed by atoms with E-state index in [2.05, 4.69) is 94.3 Å². The summed E-state index contributed by atoms with van der Waals surface area (Å²) < 4.78 is 0. The fourth-order valence-corrected chi connectivity index (χ4v) is 4.28. The molecule has 1 atom stereocenters. The van der Waals surface area contributed by atoms with Crippen LogP contribution in [0.5, 0.6) is 0 Å². The molecule has 1 saturated heterocycles. The van der Waals surface area contributed by atoms with E-state index in [-0.39, 0.29) is 17.2 Å². The zero-order chi connectivity index (χ0) is 18.8. The number of rotatable bonds is 5. The largest absolute Gasteiger partial charge is 0.290 e. The molecule has 1 aliphatic heterocycles. The van der Waals surface area contributed by atoms with Crippen LogP contribution in [0, 0.1) is 0 Å². The zero-order valence-electron chi connectivity index (χ0n) is 17.0. The molecule has 2 heteroatoms. The zero-order valence-corrected chi connectivity index (χ0v) is 17.0. The van der Waals surface area contributed by atoms with Crippen molar-refractivity contribution in [3.63, 3.8) is 0 Å². The highest BCUT2D eigenvalue weighted by Crippen LogP contribution is 2.41. The summed E-state index contributed by atoms with van der Waals surface area (Å²) in [6.45, 7) is 11.4. The monoisotopic (exact) mass is 351 g/mol. The summed E-state index contributed by atoms with van der Waals surface area (Å²) in [4.78, 5) is 6.64. The molecule has 2 aromatic carbocycles. The molecule has 0 saturated carbocycles. The third-order valence-corrected chi connectivity index (χ3v) is 5.67. The smallest absolute Gasteiger partial charge is 0.104 e. The topological polar surface area (TPSA) is 12.5 Å². The van der Waals surface area contributed by atoms with Crippen LogP contribution in [0.15, 0.2) is 54.6 Å².